The first-order chi connectivity index (χ1) is 17.7. The molecule has 1 aromatic carbocycles. The summed E-state index contributed by atoms with van der Waals surface area (Å²) in [6.45, 7) is 7.76. The molecular weight excluding hydrogens is 488 g/mol. The number of aryl methyl sites for hydroxylation is 3. The van der Waals surface area contributed by atoms with E-state index >= 15 is 0 Å². The fourth-order valence-electron chi connectivity index (χ4n) is 4.93. The Morgan fingerprint density at radius 2 is 1.86 bits per heavy atom. The van der Waals surface area contributed by atoms with Gasteiger partial charge in [0.15, 0.2) is 0 Å². The Hall–Kier alpha value is -3.18. The fraction of sp³-hybridized carbons (Fsp3) is 0.407. The molecule has 0 bridgehead atoms. The van der Waals surface area contributed by atoms with E-state index in [-0.39, 0.29) is 12.6 Å². The number of aliphatic hydroxyl groups is 3. The lowest BCUT2D eigenvalue weighted by atomic mass is 10.1. The molecule has 0 radical (unpaired) electrons. The first kappa shape index (κ1) is 25.5. The minimum Gasteiger partial charge on any atom is -0.396 e. The lowest BCUT2D eigenvalue weighted by molar-refractivity contribution is 0.00446. The molecule has 1 fully saturated rings. The Morgan fingerprint density at radius 3 is 2.57 bits per heavy atom. The van der Waals surface area contributed by atoms with E-state index < -0.39 is 24.2 Å². The van der Waals surface area contributed by atoms with Crippen LogP contribution in [0, 0.1) is 26.7 Å². The topological polar surface area (TPSA) is 136 Å². The Kier molecular flexibility index (Phi) is 7.09. The summed E-state index contributed by atoms with van der Waals surface area (Å²) >= 11 is 1.53. The molecule has 1 saturated carbocycles. The van der Waals surface area contributed by atoms with Crippen molar-refractivity contribution in [2.75, 3.05) is 17.2 Å². The van der Waals surface area contributed by atoms with Crippen LogP contribution in [0.4, 0.5) is 11.8 Å². The molecule has 37 heavy (non-hydrogen) atoms. The van der Waals surface area contributed by atoms with Gasteiger partial charge in [-0.15, -0.1) is 11.3 Å². The van der Waals surface area contributed by atoms with Crippen molar-refractivity contribution in [1.82, 2.24) is 19.9 Å². The summed E-state index contributed by atoms with van der Waals surface area (Å²) in [7, 11) is 0. The average Bonchev–Trinajstić information content (AvgIpc) is 3.41. The van der Waals surface area contributed by atoms with Gasteiger partial charge >= 0.3 is 0 Å². The Bertz CT molecular complexity index is 1430. The lowest BCUT2D eigenvalue weighted by Crippen LogP contribution is -2.35. The maximum Gasteiger partial charge on any atom is 0.225 e. The molecule has 0 unspecified atom stereocenters. The second-order valence-corrected chi connectivity index (χ2v) is 10.8. The Labute approximate surface area is 219 Å². The normalized spacial score (nSPS) is 22.4. The van der Waals surface area contributed by atoms with E-state index in [4.69, 9.17) is 15.0 Å². The summed E-state index contributed by atoms with van der Waals surface area (Å²) in [6.07, 6.45) is 0.133. The minimum absolute atomic E-state index is 0.0353. The van der Waals surface area contributed by atoms with Crippen molar-refractivity contribution in [2.24, 2.45) is 5.92 Å². The average molecular weight is 521 g/mol. The molecule has 3 aromatic heterocycles. The van der Waals surface area contributed by atoms with Gasteiger partial charge in [0.1, 0.15) is 22.4 Å². The molecule has 3 heterocycles. The molecule has 1 aliphatic carbocycles. The largest absolute Gasteiger partial charge is 0.396 e. The molecule has 5 N–H and O–H groups in total. The first-order valence-electron chi connectivity index (χ1n) is 12.4. The van der Waals surface area contributed by atoms with E-state index in [0.29, 0.717) is 18.2 Å². The van der Waals surface area contributed by atoms with Crippen molar-refractivity contribution in [3.05, 3.63) is 59.0 Å². The third-order valence-electron chi connectivity index (χ3n) is 7.04. The second kappa shape index (κ2) is 10.3. The van der Waals surface area contributed by atoms with Gasteiger partial charge in [0.25, 0.3) is 0 Å². The number of benzene rings is 1. The highest BCUT2D eigenvalue weighted by molar-refractivity contribution is 7.21. The predicted octanol–water partition coefficient (Wildman–Crippen LogP) is 3.76. The number of hydrogen-bond donors (Lipinski definition) is 5. The summed E-state index contributed by atoms with van der Waals surface area (Å²) in [5.74, 6) is 0.559. The van der Waals surface area contributed by atoms with Crippen LogP contribution in [0.2, 0.25) is 0 Å². The second-order valence-electron chi connectivity index (χ2n) is 9.81. The van der Waals surface area contributed by atoms with Crippen LogP contribution in [-0.2, 0) is 0 Å². The number of fused-ring (bicyclic) bond motifs is 1. The van der Waals surface area contributed by atoms with Crippen molar-refractivity contribution in [1.29, 1.82) is 0 Å². The van der Waals surface area contributed by atoms with Crippen LogP contribution in [0.5, 0.6) is 0 Å². The lowest BCUT2D eigenvalue weighted by Gasteiger charge is -2.22. The molecule has 0 saturated heterocycles. The van der Waals surface area contributed by atoms with Crippen LogP contribution in [0.15, 0.2) is 36.5 Å². The SMILES string of the molecule is Cc1cccc([C@@H](C)Nc2nc(C)c(-c3nc4c(C)nccc4s3)c(N[C@@H]3C[C@H](CO)[C@@H](O)[C@H]3O)n2)c1. The van der Waals surface area contributed by atoms with E-state index in [1.807, 2.05) is 26.0 Å². The maximum atomic E-state index is 10.7. The molecule has 10 heteroatoms. The highest BCUT2D eigenvalue weighted by atomic mass is 32.1. The molecule has 0 spiro atoms. The van der Waals surface area contributed by atoms with Crippen molar-refractivity contribution < 1.29 is 15.3 Å². The molecule has 9 nitrogen and oxygen atoms in total. The molecule has 5 rings (SSSR count). The first-order valence-corrected chi connectivity index (χ1v) is 13.2. The standard InChI is InChI=1S/C27H32N6O3S/c1-13-6-5-7-17(10-13)14(2)29-27-30-15(3)21(26-32-22-16(4)28-9-8-20(22)37-26)25(33-27)31-19-11-18(12-34)23(35)24(19)36/h5-10,14,18-19,23-24,34-36H,11-12H2,1-4H3,(H2,29,30,31,33)/t14-,18-,19-,23-,24+/m1/s1. The molecule has 0 amide bonds. The van der Waals surface area contributed by atoms with Crippen LogP contribution < -0.4 is 10.6 Å². The fourth-order valence-corrected chi connectivity index (χ4v) is 6.04. The predicted molar refractivity (Wildman–Crippen MR) is 146 cm³/mol. The number of pyridine rings is 1. The molecular formula is C27H32N6O3S. The Balaban J connectivity index is 1.55. The summed E-state index contributed by atoms with van der Waals surface area (Å²) in [5, 5.41) is 38.2. The zero-order valence-electron chi connectivity index (χ0n) is 21.3. The quantitative estimate of drug-likeness (QED) is 0.247. The van der Waals surface area contributed by atoms with E-state index in [1.165, 1.54) is 16.9 Å². The molecule has 4 aromatic rings. The van der Waals surface area contributed by atoms with Crippen molar-refractivity contribution in [3.63, 3.8) is 0 Å². The third-order valence-corrected chi connectivity index (χ3v) is 8.08. The molecule has 0 aliphatic heterocycles. The van der Waals surface area contributed by atoms with Crippen LogP contribution in [0.1, 0.15) is 41.9 Å². The smallest absolute Gasteiger partial charge is 0.225 e. The van der Waals surface area contributed by atoms with Gasteiger partial charge in [-0.25, -0.2) is 9.97 Å². The van der Waals surface area contributed by atoms with Crippen LogP contribution in [0.25, 0.3) is 20.8 Å². The van der Waals surface area contributed by atoms with Gasteiger partial charge in [-0.05, 0) is 45.7 Å². The highest BCUT2D eigenvalue weighted by Crippen LogP contribution is 2.38. The van der Waals surface area contributed by atoms with Gasteiger partial charge in [0, 0.05) is 18.7 Å². The van der Waals surface area contributed by atoms with E-state index in [2.05, 4.69) is 47.7 Å². The highest BCUT2D eigenvalue weighted by Gasteiger charge is 2.41. The van der Waals surface area contributed by atoms with E-state index in [9.17, 15) is 15.3 Å². The molecule has 5 atom stereocenters. The number of aliphatic hydroxyl groups excluding tert-OH is 3. The summed E-state index contributed by atoms with van der Waals surface area (Å²) in [6, 6.07) is 9.69. The zero-order valence-corrected chi connectivity index (χ0v) is 22.1. The monoisotopic (exact) mass is 520 g/mol. The number of thiazole rings is 1. The number of anilines is 2. The number of hydrogen-bond acceptors (Lipinski definition) is 10. The summed E-state index contributed by atoms with van der Waals surface area (Å²) in [4.78, 5) is 18.8. The number of rotatable bonds is 7. The van der Waals surface area contributed by atoms with Gasteiger partial charge in [0.05, 0.1) is 39.8 Å². The van der Waals surface area contributed by atoms with Gasteiger partial charge < -0.3 is 26.0 Å². The van der Waals surface area contributed by atoms with Crippen molar-refractivity contribution in [3.8, 4) is 10.6 Å². The van der Waals surface area contributed by atoms with Crippen molar-refractivity contribution in [2.45, 2.75) is 58.4 Å². The van der Waals surface area contributed by atoms with Gasteiger partial charge in [0.2, 0.25) is 5.95 Å². The Morgan fingerprint density at radius 1 is 1.05 bits per heavy atom. The number of nitrogens with zero attached hydrogens (tertiary/aromatic N) is 4. The molecule has 194 valence electrons. The van der Waals surface area contributed by atoms with Crippen LogP contribution in [-0.4, -0.2) is 60.1 Å². The van der Waals surface area contributed by atoms with Crippen molar-refractivity contribution >= 4 is 33.3 Å². The van der Waals surface area contributed by atoms with Crippen LogP contribution >= 0.6 is 11.3 Å². The zero-order chi connectivity index (χ0) is 26.3. The summed E-state index contributed by atoms with van der Waals surface area (Å²) < 4.78 is 1.01. The van der Waals surface area contributed by atoms with E-state index in [1.54, 1.807) is 6.20 Å². The van der Waals surface area contributed by atoms with Gasteiger partial charge in [-0.1, -0.05) is 29.8 Å². The third kappa shape index (κ3) is 5.02. The number of aromatic nitrogens is 4. The maximum absolute atomic E-state index is 10.7. The van der Waals surface area contributed by atoms with Crippen LogP contribution in [0.3, 0.4) is 0 Å². The molecule has 1 aliphatic rings. The van der Waals surface area contributed by atoms with Gasteiger partial charge in [-0.3, -0.25) is 4.98 Å². The van der Waals surface area contributed by atoms with E-state index in [0.717, 1.165) is 37.7 Å². The number of nitrogens with one attached hydrogen (secondary N) is 2. The summed E-state index contributed by atoms with van der Waals surface area (Å²) in [5.41, 5.74) is 5.44. The van der Waals surface area contributed by atoms with Gasteiger partial charge in [-0.2, -0.15) is 4.98 Å². The minimum atomic E-state index is -1.04.